The summed E-state index contributed by atoms with van der Waals surface area (Å²) in [6.45, 7) is 0. The molecule has 0 heterocycles. The molecule has 0 aliphatic rings. The molecule has 0 fully saturated rings. The smallest absolute Gasteiger partial charge is 0.312 e. The van der Waals surface area contributed by atoms with Gasteiger partial charge in [-0.3, -0.25) is 14.9 Å². The van der Waals surface area contributed by atoms with Crippen LogP contribution in [0.3, 0.4) is 0 Å². The van der Waals surface area contributed by atoms with Crippen LogP contribution in [0.1, 0.15) is 10.4 Å². The lowest BCUT2D eigenvalue weighted by Gasteiger charge is -2.08. The molecular formula is C13H8INO4. The van der Waals surface area contributed by atoms with E-state index in [4.69, 9.17) is 4.74 Å². The summed E-state index contributed by atoms with van der Waals surface area (Å²) < 4.78 is 6.38. The molecule has 96 valence electrons. The fraction of sp³-hybridized carbons (Fsp3) is 0. The molecule has 19 heavy (non-hydrogen) atoms. The Kier molecular flexibility index (Phi) is 4.10. The lowest BCUT2D eigenvalue weighted by Crippen LogP contribution is -1.95. The van der Waals surface area contributed by atoms with Crippen LogP contribution in [0.25, 0.3) is 0 Å². The molecule has 0 unspecified atom stereocenters. The summed E-state index contributed by atoms with van der Waals surface area (Å²) in [5.41, 5.74) is 0.00561. The molecule has 6 heteroatoms. The van der Waals surface area contributed by atoms with Gasteiger partial charge in [0.05, 0.1) is 8.49 Å². The quantitative estimate of drug-likeness (QED) is 0.356. The SMILES string of the molecule is O=Cc1ccc(Oc2ccccc2I)c([N+](=O)[O-])c1. The maximum absolute atomic E-state index is 11.0. The highest BCUT2D eigenvalue weighted by Crippen LogP contribution is 2.33. The first kappa shape index (κ1) is 13.5. The number of nitro benzene ring substituents is 1. The van der Waals surface area contributed by atoms with Crippen LogP contribution < -0.4 is 4.74 Å². The molecule has 0 aliphatic carbocycles. The lowest BCUT2D eigenvalue weighted by atomic mass is 10.2. The second-order valence-corrected chi connectivity index (χ2v) is 4.80. The average Bonchev–Trinajstić information content (AvgIpc) is 2.41. The molecule has 2 aromatic rings. The van der Waals surface area contributed by atoms with Gasteiger partial charge >= 0.3 is 5.69 Å². The number of hydrogen-bond donors (Lipinski definition) is 0. The van der Waals surface area contributed by atoms with Crippen molar-refractivity contribution in [1.29, 1.82) is 0 Å². The van der Waals surface area contributed by atoms with Gasteiger partial charge in [-0.25, -0.2) is 0 Å². The Balaban J connectivity index is 2.43. The zero-order valence-corrected chi connectivity index (χ0v) is 11.7. The Morgan fingerprint density at radius 1 is 1.16 bits per heavy atom. The second-order valence-electron chi connectivity index (χ2n) is 3.63. The molecule has 2 aromatic carbocycles. The number of aldehydes is 1. The number of carbonyl (C=O) groups is 1. The predicted molar refractivity (Wildman–Crippen MR) is 77.7 cm³/mol. The highest BCUT2D eigenvalue weighted by Gasteiger charge is 2.17. The fourth-order valence-electron chi connectivity index (χ4n) is 1.48. The van der Waals surface area contributed by atoms with E-state index in [2.05, 4.69) is 22.6 Å². The predicted octanol–water partition coefficient (Wildman–Crippen LogP) is 3.80. The number of para-hydroxylation sites is 1. The van der Waals surface area contributed by atoms with Crippen molar-refractivity contribution in [2.45, 2.75) is 0 Å². The van der Waals surface area contributed by atoms with Gasteiger partial charge in [0, 0.05) is 11.6 Å². The van der Waals surface area contributed by atoms with Crippen molar-refractivity contribution in [3.63, 3.8) is 0 Å². The van der Waals surface area contributed by atoms with E-state index < -0.39 is 4.92 Å². The van der Waals surface area contributed by atoms with Gasteiger partial charge in [0.2, 0.25) is 5.75 Å². The topological polar surface area (TPSA) is 69.4 Å². The van der Waals surface area contributed by atoms with Crippen molar-refractivity contribution in [3.8, 4) is 11.5 Å². The van der Waals surface area contributed by atoms with Crippen LogP contribution >= 0.6 is 22.6 Å². The number of rotatable bonds is 4. The Bertz CT molecular complexity index is 642. The van der Waals surface area contributed by atoms with Gasteiger partial charge in [-0.1, -0.05) is 12.1 Å². The van der Waals surface area contributed by atoms with Crippen molar-refractivity contribution in [2.24, 2.45) is 0 Å². The Morgan fingerprint density at radius 3 is 2.53 bits per heavy atom. The summed E-state index contributed by atoms with van der Waals surface area (Å²) in [6.07, 6.45) is 0.559. The van der Waals surface area contributed by atoms with Gasteiger partial charge in [-0.05, 0) is 46.9 Å². The Labute approximate surface area is 122 Å². The third-order valence-electron chi connectivity index (χ3n) is 2.37. The normalized spacial score (nSPS) is 9.95. The summed E-state index contributed by atoms with van der Waals surface area (Å²) in [4.78, 5) is 21.0. The summed E-state index contributed by atoms with van der Waals surface area (Å²) in [5.74, 6) is 0.643. The Morgan fingerprint density at radius 2 is 1.89 bits per heavy atom. The largest absolute Gasteiger partial charge is 0.449 e. The van der Waals surface area contributed by atoms with Gasteiger partial charge in [0.25, 0.3) is 0 Å². The molecule has 0 N–H and O–H groups in total. The van der Waals surface area contributed by atoms with Gasteiger partial charge in [0.1, 0.15) is 12.0 Å². The molecule has 0 radical (unpaired) electrons. The number of benzene rings is 2. The molecule has 0 saturated carbocycles. The first-order valence-corrected chi connectivity index (χ1v) is 6.35. The van der Waals surface area contributed by atoms with Crippen molar-refractivity contribution in [3.05, 3.63) is 61.7 Å². The molecule has 0 aromatic heterocycles. The monoisotopic (exact) mass is 369 g/mol. The molecule has 2 rings (SSSR count). The maximum Gasteiger partial charge on any atom is 0.312 e. The third kappa shape index (κ3) is 3.08. The highest BCUT2D eigenvalue weighted by atomic mass is 127. The van der Waals surface area contributed by atoms with Gasteiger partial charge in [0.15, 0.2) is 0 Å². The average molecular weight is 369 g/mol. The first-order chi connectivity index (χ1) is 9.11. The van der Waals surface area contributed by atoms with E-state index in [1.54, 1.807) is 12.1 Å². The van der Waals surface area contributed by atoms with Crippen molar-refractivity contribution in [1.82, 2.24) is 0 Å². The van der Waals surface area contributed by atoms with Crippen LogP contribution in [-0.4, -0.2) is 11.2 Å². The molecule has 0 saturated heterocycles. The number of nitrogens with zero attached hydrogens (tertiary/aromatic N) is 1. The van der Waals surface area contributed by atoms with E-state index in [0.29, 0.717) is 12.0 Å². The van der Waals surface area contributed by atoms with Gasteiger partial charge in [-0.15, -0.1) is 0 Å². The summed E-state index contributed by atoms with van der Waals surface area (Å²) in [6, 6.07) is 11.3. The Hall–Kier alpha value is -1.96. The van der Waals surface area contributed by atoms with Crippen LogP contribution in [0.5, 0.6) is 11.5 Å². The zero-order valence-electron chi connectivity index (χ0n) is 9.58. The zero-order chi connectivity index (χ0) is 13.8. The summed E-state index contributed by atoms with van der Waals surface area (Å²) in [5, 5.41) is 11.0. The van der Waals surface area contributed by atoms with E-state index in [0.717, 1.165) is 3.57 Å². The maximum atomic E-state index is 11.0. The summed E-state index contributed by atoms with van der Waals surface area (Å²) >= 11 is 2.08. The third-order valence-corrected chi connectivity index (χ3v) is 3.26. The number of hydrogen-bond acceptors (Lipinski definition) is 4. The van der Waals surface area contributed by atoms with E-state index in [1.807, 2.05) is 12.1 Å². The van der Waals surface area contributed by atoms with Gasteiger partial charge < -0.3 is 4.74 Å². The fourth-order valence-corrected chi connectivity index (χ4v) is 1.98. The van der Waals surface area contributed by atoms with E-state index in [-0.39, 0.29) is 17.0 Å². The number of halogens is 1. The highest BCUT2D eigenvalue weighted by molar-refractivity contribution is 14.1. The molecule has 0 spiro atoms. The number of nitro groups is 1. The molecular weight excluding hydrogens is 361 g/mol. The number of ether oxygens (including phenoxy) is 1. The van der Waals surface area contributed by atoms with E-state index >= 15 is 0 Å². The molecule has 0 aliphatic heterocycles. The van der Waals surface area contributed by atoms with Crippen molar-refractivity contribution < 1.29 is 14.5 Å². The van der Waals surface area contributed by atoms with Crippen LogP contribution in [-0.2, 0) is 0 Å². The molecule has 0 bridgehead atoms. The first-order valence-electron chi connectivity index (χ1n) is 5.28. The number of carbonyl (C=O) groups excluding carboxylic acids is 1. The van der Waals surface area contributed by atoms with Crippen molar-refractivity contribution >= 4 is 34.6 Å². The minimum atomic E-state index is -0.571. The van der Waals surface area contributed by atoms with Gasteiger partial charge in [-0.2, -0.15) is 0 Å². The van der Waals surface area contributed by atoms with E-state index in [9.17, 15) is 14.9 Å². The summed E-state index contributed by atoms with van der Waals surface area (Å²) in [7, 11) is 0. The van der Waals surface area contributed by atoms with Crippen LogP contribution in [0.4, 0.5) is 5.69 Å². The van der Waals surface area contributed by atoms with E-state index in [1.165, 1.54) is 18.2 Å². The minimum Gasteiger partial charge on any atom is -0.449 e. The molecule has 5 nitrogen and oxygen atoms in total. The molecule has 0 atom stereocenters. The second kappa shape index (κ2) is 5.79. The van der Waals surface area contributed by atoms with Crippen LogP contribution in [0, 0.1) is 13.7 Å². The van der Waals surface area contributed by atoms with Crippen LogP contribution in [0.2, 0.25) is 0 Å². The minimum absolute atomic E-state index is 0.111. The van der Waals surface area contributed by atoms with Crippen molar-refractivity contribution in [2.75, 3.05) is 0 Å². The standard InChI is InChI=1S/C13H8INO4/c14-10-3-1-2-4-12(10)19-13-6-5-9(8-16)7-11(13)15(17)18/h1-8H. The molecule has 0 amide bonds. The lowest BCUT2D eigenvalue weighted by molar-refractivity contribution is -0.385. The van der Waals surface area contributed by atoms with Crippen LogP contribution in [0.15, 0.2) is 42.5 Å².